The van der Waals surface area contributed by atoms with E-state index in [0.29, 0.717) is 19.1 Å². The molecule has 2 N–H and O–H groups in total. The first-order valence-electron chi connectivity index (χ1n) is 6.96. The average molecular weight is 265 g/mol. The zero-order valence-corrected chi connectivity index (χ0v) is 12.8. The van der Waals surface area contributed by atoms with Crippen molar-refractivity contribution in [2.45, 2.75) is 59.2 Å². The van der Waals surface area contributed by atoms with Crippen LogP contribution in [-0.4, -0.2) is 23.4 Å². The Kier molecular flexibility index (Phi) is 5.83. The van der Waals surface area contributed by atoms with E-state index in [1.54, 1.807) is 13.8 Å². The Bertz CT molecular complexity index is 394. The van der Waals surface area contributed by atoms with E-state index < -0.39 is 5.60 Å². The lowest BCUT2D eigenvalue weighted by atomic mass is 10.1. The first kappa shape index (κ1) is 16.0. The molecule has 0 aliphatic carbocycles. The normalized spacial score (nSPS) is 11.9. The minimum Gasteiger partial charge on any atom is -0.493 e. The molecule has 3 nitrogen and oxygen atoms in total. The molecule has 0 aliphatic rings. The third-order valence-corrected chi connectivity index (χ3v) is 2.89. The Hall–Kier alpha value is -1.06. The molecule has 0 saturated carbocycles. The SMILES string of the molecule is Cc1ccc(OCCC(C)(C)O)c(CNC(C)C)c1. The summed E-state index contributed by atoms with van der Waals surface area (Å²) in [4.78, 5) is 0. The van der Waals surface area contributed by atoms with Gasteiger partial charge in [0, 0.05) is 24.6 Å². The first-order chi connectivity index (χ1) is 8.78. The maximum atomic E-state index is 9.69. The van der Waals surface area contributed by atoms with Crippen LogP contribution in [0.4, 0.5) is 0 Å². The third-order valence-electron chi connectivity index (χ3n) is 2.89. The van der Waals surface area contributed by atoms with Gasteiger partial charge in [-0.25, -0.2) is 0 Å². The van der Waals surface area contributed by atoms with Crippen molar-refractivity contribution in [2.75, 3.05) is 6.61 Å². The van der Waals surface area contributed by atoms with E-state index in [4.69, 9.17) is 4.74 Å². The van der Waals surface area contributed by atoms with Crippen molar-refractivity contribution in [3.05, 3.63) is 29.3 Å². The van der Waals surface area contributed by atoms with Gasteiger partial charge in [0.2, 0.25) is 0 Å². The molecule has 0 radical (unpaired) electrons. The number of rotatable bonds is 7. The Morgan fingerprint density at radius 3 is 2.58 bits per heavy atom. The van der Waals surface area contributed by atoms with Crippen LogP contribution in [0.3, 0.4) is 0 Å². The molecule has 0 heterocycles. The largest absolute Gasteiger partial charge is 0.493 e. The van der Waals surface area contributed by atoms with Crippen molar-refractivity contribution >= 4 is 0 Å². The standard InChI is InChI=1S/C16H27NO2/c1-12(2)17-11-14-10-13(3)6-7-15(14)19-9-8-16(4,5)18/h6-7,10,12,17-18H,8-9,11H2,1-5H3. The maximum absolute atomic E-state index is 9.69. The van der Waals surface area contributed by atoms with Crippen molar-refractivity contribution < 1.29 is 9.84 Å². The molecular formula is C16H27NO2. The highest BCUT2D eigenvalue weighted by atomic mass is 16.5. The fourth-order valence-electron chi connectivity index (χ4n) is 1.71. The first-order valence-corrected chi connectivity index (χ1v) is 6.96. The van der Waals surface area contributed by atoms with E-state index >= 15 is 0 Å². The van der Waals surface area contributed by atoms with Crippen LogP contribution in [0.1, 0.15) is 45.2 Å². The molecule has 1 aromatic rings. The lowest BCUT2D eigenvalue weighted by molar-refractivity contribution is 0.0552. The van der Waals surface area contributed by atoms with Crippen LogP contribution in [0.15, 0.2) is 18.2 Å². The topological polar surface area (TPSA) is 41.5 Å². The van der Waals surface area contributed by atoms with Gasteiger partial charge in [0.25, 0.3) is 0 Å². The number of nitrogens with one attached hydrogen (secondary N) is 1. The molecule has 0 fully saturated rings. The molecule has 0 aliphatic heterocycles. The second-order valence-corrected chi connectivity index (χ2v) is 6.06. The molecule has 0 unspecified atom stereocenters. The van der Waals surface area contributed by atoms with Crippen LogP contribution in [0.5, 0.6) is 5.75 Å². The van der Waals surface area contributed by atoms with Crippen molar-refractivity contribution in [2.24, 2.45) is 0 Å². The maximum Gasteiger partial charge on any atom is 0.123 e. The number of hydrogen-bond acceptors (Lipinski definition) is 3. The van der Waals surface area contributed by atoms with Gasteiger partial charge in [-0.2, -0.15) is 0 Å². The average Bonchev–Trinajstić information content (AvgIpc) is 2.27. The molecule has 0 amide bonds. The van der Waals surface area contributed by atoms with Crippen molar-refractivity contribution in [1.29, 1.82) is 0 Å². The zero-order chi connectivity index (χ0) is 14.5. The molecule has 108 valence electrons. The highest BCUT2D eigenvalue weighted by Crippen LogP contribution is 2.21. The summed E-state index contributed by atoms with van der Waals surface area (Å²) in [6.45, 7) is 11.3. The molecule has 0 aromatic heterocycles. The molecule has 0 saturated heterocycles. The number of aliphatic hydroxyl groups is 1. The monoisotopic (exact) mass is 265 g/mol. The molecule has 3 heteroatoms. The van der Waals surface area contributed by atoms with E-state index in [-0.39, 0.29) is 0 Å². The van der Waals surface area contributed by atoms with E-state index in [1.165, 1.54) is 11.1 Å². The van der Waals surface area contributed by atoms with Crippen LogP contribution in [-0.2, 0) is 6.54 Å². The predicted molar refractivity (Wildman–Crippen MR) is 79.6 cm³/mol. The fraction of sp³-hybridized carbons (Fsp3) is 0.625. The minimum atomic E-state index is -0.680. The molecule has 0 atom stereocenters. The van der Waals surface area contributed by atoms with Crippen LogP contribution < -0.4 is 10.1 Å². The van der Waals surface area contributed by atoms with Crippen molar-refractivity contribution in [3.8, 4) is 5.75 Å². The minimum absolute atomic E-state index is 0.449. The van der Waals surface area contributed by atoms with E-state index in [9.17, 15) is 5.11 Å². The number of benzene rings is 1. The third kappa shape index (κ3) is 6.60. The molecular weight excluding hydrogens is 238 g/mol. The van der Waals surface area contributed by atoms with Gasteiger partial charge in [0.15, 0.2) is 0 Å². The molecule has 19 heavy (non-hydrogen) atoms. The van der Waals surface area contributed by atoms with Gasteiger partial charge < -0.3 is 15.2 Å². The van der Waals surface area contributed by atoms with Gasteiger partial charge in [-0.05, 0) is 26.8 Å². The van der Waals surface area contributed by atoms with Gasteiger partial charge in [-0.1, -0.05) is 31.5 Å². The highest BCUT2D eigenvalue weighted by molar-refractivity contribution is 5.36. The van der Waals surface area contributed by atoms with Gasteiger partial charge in [-0.3, -0.25) is 0 Å². The number of hydrogen-bond donors (Lipinski definition) is 2. The van der Waals surface area contributed by atoms with Gasteiger partial charge >= 0.3 is 0 Å². The Morgan fingerprint density at radius 2 is 2.00 bits per heavy atom. The number of ether oxygens (including phenoxy) is 1. The van der Waals surface area contributed by atoms with Gasteiger partial charge in [-0.15, -0.1) is 0 Å². The van der Waals surface area contributed by atoms with Crippen molar-refractivity contribution in [1.82, 2.24) is 5.32 Å². The fourth-order valence-corrected chi connectivity index (χ4v) is 1.71. The number of aryl methyl sites for hydroxylation is 1. The van der Waals surface area contributed by atoms with E-state index in [1.807, 2.05) is 6.07 Å². The predicted octanol–water partition coefficient (Wildman–Crippen LogP) is 3.03. The lowest BCUT2D eigenvalue weighted by Gasteiger charge is -2.19. The van der Waals surface area contributed by atoms with Crippen molar-refractivity contribution in [3.63, 3.8) is 0 Å². The Labute approximate surface area is 117 Å². The van der Waals surface area contributed by atoms with E-state index in [0.717, 1.165) is 12.3 Å². The Morgan fingerprint density at radius 1 is 1.32 bits per heavy atom. The second kappa shape index (κ2) is 6.92. The van der Waals surface area contributed by atoms with Crippen LogP contribution in [0, 0.1) is 6.92 Å². The lowest BCUT2D eigenvalue weighted by Crippen LogP contribution is -2.23. The summed E-state index contributed by atoms with van der Waals surface area (Å²) in [6.07, 6.45) is 0.623. The summed E-state index contributed by atoms with van der Waals surface area (Å²) in [5, 5.41) is 13.1. The van der Waals surface area contributed by atoms with Gasteiger partial charge in [0.05, 0.1) is 12.2 Å². The summed E-state index contributed by atoms with van der Waals surface area (Å²) in [6, 6.07) is 6.66. The molecule has 1 rings (SSSR count). The second-order valence-electron chi connectivity index (χ2n) is 6.06. The van der Waals surface area contributed by atoms with Crippen LogP contribution in [0.25, 0.3) is 0 Å². The summed E-state index contributed by atoms with van der Waals surface area (Å²) in [7, 11) is 0. The summed E-state index contributed by atoms with van der Waals surface area (Å²) in [5.41, 5.74) is 1.72. The summed E-state index contributed by atoms with van der Waals surface area (Å²) < 4.78 is 5.80. The van der Waals surface area contributed by atoms with Gasteiger partial charge in [0.1, 0.15) is 5.75 Å². The van der Waals surface area contributed by atoms with E-state index in [2.05, 4.69) is 38.2 Å². The quantitative estimate of drug-likeness (QED) is 0.796. The van der Waals surface area contributed by atoms with Crippen LogP contribution in [0.2, 0.25) is 0 Å². The molecule has 0 bridgehead atoms. The van der Waals surface area contributed by atoms with Crippen LogP contribution >= 0.6 is 0 Å². The smallest absolute Gasteiger partial charge is 0.123 e. The zero-order valence-electron chi connectivity index (χ0n) is 12.8. The molecule has 1 aromatic carbocycles. The summed E-state index contributed by atoms with van der Waals surface area (Å²) >= 11 is 0. The summed E-state index contributed by atoms with van der Waals surface area (Å²) in [5.74, 6) is 0.906. The highest BCUT2D eigenvalue weighted by Gasteiger charge is 2.13. The Balaban J connectivity index is 2.65. The molecule has 0 spiro atoms.